The number of rotatable bonds is 5. The molecule has 1 aliphatic heterocycles. The number of halogens is 2. The van der Waals surface area contributed by atoms with E-state index in [0.717, 1.165) is 27.6 Å². The Balaban J connectivity index is 1.49. The van der Waals surface area contributed by atoms with Crippen molar-refractivity contribution < 1.29 is 4.79 Å². The number of para-hydroxylation sites is 1. The van der Waals surface area contributed by atoms with Crippen LogP contribution in [0.15, 0.2) is 83.9 Å². The van der Waals surface area contributed by atoms with Crippen molar-refractivity contribution in [2.75, 3.05) is 0 Å². The molecule has 33 heavy (non-hydrogen) atoms. The number of aromatic nitrogens is 1. The van der Waals surface area contributed by atoms with Crippen LogP contribution in [0.3, 0.4) is 0 Å². The minimum atomic E-state index is -0.0696. The van der Waals surface area contributed by atoms with Crippen molar-refractivity contribution in [2.24, 2.45) is 0 Å². The number of amides is 1. The van der Waals surface area contributed by atoms with E-state index in [1.165, 1.54) is 11.8 Å². The molecule has 7 heteroatoms. The molecule has 0 unspecified atom stereocenters. The van der Waals surface area contributed by atoms with Crippen molar-refractivity contribution in [3.63, 3.8) is 0 Å². The zero-order valence-corrected chi connectivity index (χ0v) is 20.5. The van der Waals surface area contributed by atoms with Crippen LogP contribution in [0, 0.1) is 0 Å². The highest BCUT2D eigenvalue weighted by molar-refractivity contribution is 8.26. The Hall–Kier alpha value is -2.57. The summed E-state index contributed by atoms with van der Waals surface area (Å²) >= 11 is 19.7. The quantitative estimate of drug-likeness (QED) is 0.207. The molecule has 1 amide bonds. The van der Waals surface area contributed by atoms with E-state index in [1.54, 1.807) is 4.90 Å². The molecule has 0 N–H and O–H groups in total. The third-order valence-electron chi connectivity index (χ3n) is 5.55. The molecule has 0 radical (unpaired) electrons. The summed E-state index contributed by atoms with van der Waals surface area (Å²) in [5.74, 6) is -0.0696. The van der Waals surface area contributed by atoms with Crippen LogP contribution >= 0.6 is 47.2 Å². The van der Waals surface area contributed by atoms with E-state index < -0.39 is 0 Å². The van der Waals surface area contributed by atoms with Gasteiger partial charge in [-0.2, -0.15) is 0 Å². The van der Waals surface area contributed by atoms with E-state index in [9.17, 15) is 4.79 Å². The second kappa shape index (κ2) is 9.35. The van der Waals surface area contributed by atoms with E-state index in [4.69, 9.17) is 35.4 Å². The molecule has 4 aromatic rings. The summed E-state index contributed by atoms with van der Waals surface area (Å²) in [5.41, 5.74) is 3.90. The molecule has 1 fully saturated rings. The first-order valence-corrected chi connectivity index (χ1v) is 12.3. The maximum absolute atomic E-state index is 13.2. The number of thioether (sulfide) groups is 1. The summed E-state index contributed by atoms with van der Waals surface area (Å²) in [5, 5.41) is 2.31. The minimum Gasteiger partial charge on any atom is -0.342 e. The van der Waals surface area contributed by atoms with Crippen LogP contribution in [0.1, 0.15) is 16.7 Å². The first-order valence-electron chi connectivity index (χ1n) is 10.3. The zero-order chi connectivity index (χ0) is 22.9. The largest absolute Gasteiger partial charge is 0.342 e. The molecule has 0 atom stereocenters. The highest BCUT2D eigenvalue weighted by Gasteiger charge is 2.32. The number of carbonyl (C=O) groups excluding carboxylic acids is 1. The zero-order valence-electron chi connectivity index (χ0n) is 17.4. The van der Waals surface area contributed by atoms with Crippen molar-refractivity contribution >= 4 is 74.4 Å². The molecule has 0 spiro atoms. The van der Waals surface area contributed by atoms with Crippen molar-refractivity contribution in [3.8, 4) is 0 Å². The van der Waals surface area contributed by atoms with Crippen LogP contribution in [-0.4, -0.2) is 19.7 Å². The number of hydrogen-bond acceptors (Lipinski definition) is 3. The predicted octanol–water partition coefficient (Wildman–Crippen LogP) is 7.40. The number of benzene rings is 3. The fraction of sp³-hybridized carbons (Fsp3) is 0.0769. The fourth-order valence-electron chi connectivity index (χ4n) is 3.92. The molecule has 164 valence electrons. The number of fused-ring (bicyclic) bond motifs is 1. The highest BCUT2D eigenvalue weighted by atomic mass is 35.5. The van der Waals surface area contributed by atoms with Gasteiger partial charge < -0.3 is 4.57 Å². The standard InChI is InChI=1S/C26H18Cl2N2OS2/c27-21-10-6-11-22(28)20(21)16-29-15-18(19-9-4-5-12-23(19)29)13-24-25(31)30(26(32)33-24)14-17-7-2-1-3-8-17/h1-13,15H,14,16H2. The summed E-state index contributed by atoms with van der Waals surface area (Å²) in [7, 11) is 0. The van der Waals surface area contributed by atoms with Crippen LogP contribution in [0.25, 0.3) is 17.0 Å². The topological polar surface area (TPSA) is 25.2 Å². The Morgan fingerprint density at radius 2 is 1.58 bits per heavy atom. The number of hydrogen-bond donors (Lipinski definition) is 0. The van der Waals surface area contributed by atoms with Gasteiger partial charge in [0.25, 0.3) is 5.91 Å². The Morgan fingerprint density at radius 3 is 2.33 bits per heavy atom. The van der Waals surface area contributed by atoms with Gasteiger partial charge in [0.05, 0.1) is 18.0 Å². The monoisotopic (exact) mass is 508 g/mol. The van der Waals surface area contributed by atoms with Crippen LogP contribution in [-0.2, 0) is 17.9 Å². The summed E-state index contributed by atoms with van der Waals surface area (Å²) in [6, 6.07) is 23.5. The number of thiocarbonyl (C=S) groups is 1. The lowest BCUT2D eigenvalue weighted by Gasteiger charge is -2.14. The van der Waals surface area contributed by atoms with Crippen molar-refractivity contribution in [1.29, 1.82) is 0 Å². The number of nitrogens with zero attached hydrogens (tertiary/aromatic N) is 2. The molecule has 1 aliphatic rings. The van der Waals surface area contributed by atoms with Gasteiger partial charge in [-0.1, -0.05) is 102 Å². The predicted molar refractivity (Wildman–Crippen MR) is 143 cm³/mol. The molecular formula is C26H18Cl2N2OS2. The molecule has 1 saturated heterocycles. The SMILES string of the molecule is O=C1C(=Cc2cn(Cc3c(Cl)cccc3Cl)c3ccccc23)SC(=S)N1Cc1ccccc1. The Morgan fingerprint density at radius 1 is 0.879 bits per heavy atom. The third-order valence-corrected chi connectivity index (χ3v) is 7.64. The smallest absolute Gasteiger partial charge is 0.266 e. The van der Waals surface area contributed by atoms with E-state index >= 15 is 0 Å². The fourth-order valence-corrected chi connectivity index (χ4v) is 5.68. The Bertz CT molecular complexity index is 1390. The van der Waals surface area contributed by atoms with E-state index in [0.29, 0.717) is 32.4 Å². The van der Waals surface area contributed by atoms with Gasteiger partial charge in [0.15, 0.2) is 0 Å². The lowest BCUT2D eigenvalue weighted by Crippen LogP contribution is -2.27. The van der Waals surface area contributed by atoms with Crippen molar-refractivity contribution in [2.45, 2.75) is 13.1 Å². The van der Waals surface area contributed by atoms with E-state index in [2.05, 4.69) is 16.7 Å². The van der Waals surface area contributed by atoms with Crippen LogP contribution in [0.5, 0.6) is 0 Å². The van der Waals surface area contributed by atoms with Crippen LogP contribution in [0.4, 0.5) is 0 Å². The van der Waals surface area contributed by atoms with Gasteiger partial charge in [0.2, 0.25) is 0 Å². The molecular weight excluding hydrogens is 491 g/mol. The third kappa shape index (κ3) is 4.46. The summed E-state index contributed by atoms with van der Waals surface area (Å²) in [6.45, 7) is 0.997. The molecule has 0 aliphatic carbocycles. The van der Waals surface area contributed by atoms with E-state index in [1.807, 2.05) is 72.9 Å². The summed E-state index contributed by atoms with van der Waals surface area (Å²) < 4.78 is 2.68. The lowest BCUT2D eigenvalue weighted by molar-refractivity contribution is -0.122. The first-order chi connectivity index (χ1) is 16.0. The first kappa shape index (κ1) is 22.2. The number of carbonyl (C=O) groups is 1. The Kier molecular flexibility index (Phi) is 6.30. The average Bonchev–Trinajstić information content (AvgIpc) is 3.29. The molecule has 0 bridgehead atoms. The van der Waals surface area contributed by atoms with Gasteiger partial charge in [-0.15, -0.1) is 0 Å². The maximum atomic E-state index is 13.2. The van der Waals surface area contributed by atoms with Gasteiger partial charge in [-0.05, 0) is 29.8 Å². The molecule has 3 aromatic carbocycles. The minimum absolute atomic E-state index is 0.0696. The molecule has 0 saturated carbocycles. The average molecular weight is 509 g/mol. The molecule has 3 nitrogen and oxygen atoms in total. The van der Waals surface area contributed by atoms with Gasteiger partial charge in [0.1, 0.15) is 4.32 Å². The van der Waals surface area contributed by atoms with Gasteiger partial charge >= 0.3 is 0 Å². The van der Waals surface area contributed by atoms with Gasteiger partial charge in [0, 0.05) is 38.3 Å². The normalized spacial score (nSPS) is 15.2. The summed E-state index contributed by atoms with van der Waals surface area (Å²) in [6.07, 6.45) is 3.96. The maximum Gasteiger partial charge on any atom is 0.266 e. The van der Waals surface area contributed by atoms with Crippen LogP contribution in [0.2, 0.25) is 10.0 Å². The van der Waals surface area contributed by atoms with Crippen molar-refractivity contribution in [1.82, 2.24) is 9.47 Å². The van der Waals surface area contributed by atoms with Gasteiger partial charge in [-0.3, -0.25) is 9.69 Å². The molecule has 1 aromatic heterocycles. The second-order valence-electron chi connectivity index (χ2n) is 7.68. The summed E-state index contributed by atoms with van der Waals surface area (Å²) in [4.78, 5) is 15.4. The second-order valence-corrected chi connectivity index (χ2v) is 10.2. The Labute approximate surface area is 211 Å². The lowest BCUT2D eigenvalue weighted by atomic mass is 10.1. The molecule has 5 rings (SSSR count). The van der Waals surface area contributed by atoms with Gasteiger partial charge in [-0.25, -0.2) is 0 Å². The molecule has 2 heterocycles. The van der Waals surface area contributed by atoms with Crippen molar-refractivity contribution in [3.05, 3.63) is 111 Å². The van der Waals surface area contributed by atoms with Crippen LogP contribution < -0.4 is 0 Å². The highest BCUT2D eigenvalue weighted by Crippen LogP contribution is 2.36. The van der Waals surface area contributed by atoms with E-state index in [-0.39, 0.29) is 5.91 Å².